The Balaban J connectivity index is 1.30. The average Bonchev–Trinajstić information content (AvgIpc) is 3.11. The van der Waals surface area contributed by atoms with Crippen molar-refractivity contribution in [3.8, 4) is 0 Å². The first-order valence-electron chi connectivity index (χ1n) is 17.3. The summed E-state index contributed by atoms with van der Waals surface area (Å²) in [5.41, 5.74) is 7.45. The van der Waals surface area contributed by atoms with E-state index in [0.29, 0.717) is 6.04 Å². The molecule has 236 valence electrons. The van der Waals surface area contributed by atoms with Crippen LogP contribution in [0.3, 0.4) is 0 Å². The standard InChI is InChI=1S/C43H44N4/c1-28-26-43(3,27-29(2)44-28)35-23-33(39-25-32-18-10-11-19-36(32)37-20-12-13-21-38(37)39)22-34(24-35)42-46-40(30-14-6-4-7-15-30)45-41(47-42)31-16-8-5-9-17-31/h4,6-8,10-14,16-26,29-30,38-40,44H,5,9,15,27H2,1-3H3,(H,45,46,47). The molecule has 8 rings (SSSR count). The van der Waals surface area contributed by atoms with Crippen LogP contribution in [0.2, 0.25) is 0 Å². The minimum absolute atomic E-state index is 0.0851. The Morgan fingerprint density at radius 1 is 0.894 bits per heavy atom. The molecule has 0 fully saturated rings. The molecule has 4 nitrogen and oxygen atoms in total. The molecule has 6 atom stereocenters. The lowest BCUT2D eigenvalue weighted by molar-refractivity contribution is 0.412. The molecule has 0 radical (unpaired) electrons. The van der Waals surface area contributed by atoms with Gasteiger partial charge in [0, 0.05) is 46.0 Å². The quantitative estimate of drug-likeness (QED) is 0.374. The van der Waals surface area contributed by atoms with Crippen molar-refractivity contribution in [2.75, 3.05) is 0 Å². The number of benzene rings is 2. The molecule has 2 aromatic carbocycles. The Morgan fingerprint density at radius 2 is 1.79 bits per heavy atom. The van der Waals surface area contributed by atoms with Crippen LogP contribution in [0.1, 0.15) is 69.1 Å². The maximum Gasteiger partial charge on any atom is 0.158 e. The van der Waals surface area contributed by atoms with Gasteiger partial charge in [0.15, 0.2) is 5.84 Å². The predicted molar refractivity (Wildman–Crippen MR) is 197 cm³/mol. The van der Waals surface area contributed by atoms with Gasteiger partial charge in [0.2, 0.25) is 0 Å². The second-order valence-electron chi connectivity index (χ2n) is 14.2. The molecular weight excluding hydrogens is 573 g/mol. The van der Waals surface area contributed by atoms with E-state index in [4.69, 9.17) is 9.98 Å². The monoisotopic (exact) mass is 616 g/mol. The lowest BCUT2D eigenvalue weighted by Gasteiger charge is -2.37. The van der Waals surface area contributed by atoms with E-state index in [2.05, 4.69) is 153 Å². The summed E-state index contributed by atoms with van der Waals surface area (Å²) >= 11 is 0. The van der Waals surface area contributed by atoms with Gasteiger partial charge in [-0.3, -0.25) is 0 Å². The number of aliphatic imine (C=N–C) groups is 2. The normalized spacial score (nSPS) is 30.5. The molecule has 2 aliphatic heterocycles. The first kappa shape index (κ1) is 29.7. The van der Waals surface area contributed by atoms with Crippen molar-refractivity contribution in [2.45, 2.75) is 70.0 Å². The molecule has 2 heterocycles. The molecule has 2 aromatic rings. The summed E-state index contributed by atoms with van der Waals surface area (Å²) in [6, 6.07) is 16.5. The van der Waals surface area contributed by atoms with Gasteiger partial charge in [-0.2, -0.15) is 0 Å². The second-order valence-corrected chi connectivity index (χ2v) is 14.2. The largest absolute Gasteiger partial charge is 0.386 e. The van der Waals surface area contributed by atoms with Gasteiger partial charge in [-0.25, -0.2) is 9.98 Å². The third-order valence-electron chi connectivity index (χ3n) is 10.5. The molecule has 4 heteroatoms. The zero-order valence-corrected chi connectivity index (χ0v) is 27.7. The van der Waals surface area contributed by atoms with Crippen LogP contribution in [-0.4, -0.2) is 23.9 Å². The van der Waals surface area contributed by atoms with Gasteiger partial charge in [0.05, 0.1) is 0 Å². The molecule has 0 aromatic heterocycles. The third kappa shape index (κ3) is 5.75. The summed E-state index contributed by atoms with van der Waals surface area (Å²) in [7, 11) is 0. The highest BCUT2D eigenvalue weighted by Gasteiger charge is 2.34. The van der Waals surface area contributed by atoms with Gasteiger partial charge in [-0.05, 0) is 78.8 Å². The van der Waals surface area contributed by atoms with E-state index in [9.17, 15) is 0 Å². The highest BCUT2D eigenvalue weighted by molar-refractivity contribution is 6.14. The summed E-state index contributed by atoms with van der Waals surface area (Å²) in [6.45, 7) is 6.89. The Kier molecular flexibility index (Phi) is 7.67. The molecule has 6 unspecified atom stereocenters. The third-order valence-corrected chi connectivity index (χ3v) is 10.5. The second kappa shape index (κ2) is 12.2. The molecule has 2 N–H and O–H groups in total. The molecule has 0 saturated heterocycles. The van der Waals surface area contributed by atoms with E-state index in [-0.39, 0.29) is 29.3 Å². The number of hydrogen-bond donors (Lipinski definition) is 2. The van der Waals surface area contributed by atoms with Crippen molar-refractivity contribution in [2.24, 2.45) is 21.8 Å². The summed E-state index contributed by atoms with van der Waals surface area (Å²) < 4.78 is 0. The van der Waals surface area contributed by atoms with Crippen molar-refractivity contribution in [3.63, 3.8) is 0 Å². The van der Waals surface area contributed by atoms with Crippen molar-refractivity contribution >= 4 is 23.3 Å². The van der Waals surface area contributed by atoms with Gasteiger partial charge in [0.25, 0.3) is 0 Å². The maximum atomic E-state index is 5.29. The minimum Gasteiger partial charge on any atom is -0.386 e. The molecule has 4 aliphatic carbocycles. The van der Waals surface area contributed by atoms with Crippen LogP contribution >= 0.6 is 0 Å². The predicted octanol–water partition coefficient (Wildman–Crippen LogP) is 7.18. The lowest BCUT2D eigenvalue weighted by Crippen LogP contribution is -2.43. The van der Waals surface area contributed by atoms with Crippen LogP contribution in [0, 0.1) is 11.8 Å². The van der Waals surface area contributed by atoms with E-state index in [1.54, 1.807) is 0 Å². The lowest BCUT2D eigenvalue weighted by atomic mass is 9.71. The van der Waals surface area contributed by atoms with Crippen LogP contribution < -0.4 is 21.1 Å². The van der Waals surface area contributed by atoms with Crippen molar-refractivity contribution < 1.29 is 0 Å². The fourth-order valence-electron chi connectivity index (χ4n) is 8.39. The molecule has 0 saturated carbocycles. The van der Waals surface area contributed by atoms with Crippen molar-refractivity contribution in [1.82, 2.24) is 10.6 Å². The van der Waals surface area contributed by atoms with Gasteiger partial charge in [0.1, 0.15) is 12.0 Å². The molecule has 0 amide bonds. The number of allylic oxidation sites excluding steroid dienone is 11. The smallest absolute Gasteiger partial charge is 0.158 e. The maximum absolute atomic E-state index is 5.29. The SMILES string of the molecule is CC1=CC(C)(c2cc(C3=NC(C4=CCCC=C4)=NC(C4C=CC=CC4)N3)cc(C3C=c4ccccc4=C4C=CC=CC43)c2)CC(C)N1. The van der Waals surface area contributed by atoms with Gasteiger partial charge in [-0.15, -0.1) is 0 Å². The molecule has 0 spiro atoms. The van der Waals surface area contributed by atoms with Crippen LogP contribution in [0.15, 0.2) is 137 Å². The van der Waals surface area contributed by atoms with E-state index < -0.39 is 0 Å². The van der Waals surface area contributed by atoms with Crippen LogP contribution in [0.5, 0.6) is 0 Å². The van der Waals surface area contributed by atoms with E-state index in [1.165, 1.54) is 32.8 Å². The summed E-state index contributed by atoms with van der Waals surface area (Å²) in [5.74, 6) is 2.50. The van der Waals surface area contributed by atoms with Crippen LogP contribution in [0.25, 0.3) is 11.6 Å². The number of fused-ring (bicyclic) bond motifs is 2. The number of amidine groups is 2. The average molecular weight is 617 g/mol. The fourth-order valence-corrected chi connectivity index (χ4v) is 8.39. The number of nitrogens with zero attached hydrogens (tertiary/aromatic N) is 2. The van der Waals surface area contributed by atoms with E-state index >= 15 is 0 Å². The van der Waals surface area contributed by atoms with Crippen molar-refractivity contribution in [1.29, 1.82) is 0 Å². The van der Waals surface area contributed by atoms with E-state index in [1.807, 2.05) is 0 Å². The highest BCUT2D eigenvalue weighted by atomic mass is 15.2. The Bertz CT molecular complexity index is 2010. The number of rotatable bonds is 5. The number of hydrogen-bond acceptors (Lipinski definition) is 4. The summed E-state index contributed by atoms with van der Waals surface area (Å²) in [4.78, 5) is 10.5. The van der Waals surface area contributed by atoms with Gasteiger partial charge >= 0.3 is 0 Å². The summed E-state index contributed by atoms with van der Waals surface area (Å²) in [5, 5.41) is 10.1. The van der Waals surface area contributed by atoms with Gasteiger partial charge in [-0.1, -0.05) is 116 Å². The van der Waals surface area contributed by atoms with Crippen LogP contribution in [-0.2, 0) is 5.41 Å². The Morgan fingerprint density at radius 3 is 2.62 bits per heavy atom. The zero-order chi connectivity index (χ0) is 32.0. The van der Waals surface area contributed by atoms with Gasteiger partial charge < -0.3 is 10.6 Å². The Labute approximate surface area is 278 Å². The molecule has 0 bridgehead atoms. The minimum atomic E-state index is -0.113. The Hall–Kier alpha value is -4.70. The zero-order valence-electron chi connectivity index (χ0n) is 27.7. The summed E-state index contributed by atoms with van der Waals surface area (Å²) in [6.07, 6.45) is 33.6. The molecule has 6 aliphatic rings. The van der Waals surface area contributed by atoms with Crippen molar-refractivity contribution in [3.05, 3.63) is 154 Å². The first-order chi connectivity index (χ1) is 22.9. The first-order valence-corrected chi connectivity index (χ1v) is 17.3. The number of nitrogens with one attached hydrogen (secondary N) is 2. The molecule has 47 heavy (non-hydrogen) atoms. The van der Waals surface area contributed by atoms with E-state index in [0.717, 1.165) is 48.5 Å². The highest BCUT2D eigenvalue weighted by Crippen LogP contribution is 2.41. The molecular formula is C43H44N4. The fraction of sp³-hybridized carbons (Fsp3) is 0.302. The topological polar surface area (TPSA) is 48.8 Å². The van der Waals surface area contributed by atoms with Crippen LogP contribution in [0.4, 0.5) is 0 Å².